The van der Waals surface area contributed by atoms with Gasteiger partial charge in [-0.15, -0.1) is 11.3 Å². The highest BCUT2D eigenvalue weighted by atomic mass is 35.5. The predicted molar refractivity (Wildman–Crippen MR) is 104 cm³/mol. The molecule has 1 unspecified atom stereocenters. The lowest BCUT2D eigenvalue weighted by Crippen LogP contribution is -2.02. The van der Waals surface area contributed by atoms with Gasteiger partial charge in [-0.05, 0) is 42.5 Å². The average molecular weight is 403 g/mol. The second kappa shape index (κ2) is 7.21. The fraction of sp³-hybridized carbons (Fsp3) is 0.0526. The number of hydrogen-bond donors (Lipinski definition) is 1. The first-order valence-corrected chi connectivity index (χ1v) is 9.30. The lowest BCUT2D eigenvalue weighted by Gasteiger charge is -2.12. The molecule has 3 aromatic heterocycles. The highest BCUT2D eigenvalue weighted by Gasteiger charge is 2.27. The zero-order chi connectivity index (χ0) is 18.1. The van der Waals surface area contributed by atoms with E-state index < -0.39 is 6.10 Å². The summed E-state index contributed by atoms with van der Waals surface area (Å²) in [7, 11) is 0. The van der Waals surface area contributed by atoms with Gasteiger partial charge in [0.2, 0.25) is 0 Å². The van der Waals surface area contributed by atoms with Crippen LogP contribution in [0.25, 0.3) is 21.9 Å². The van der Waals surface area contributed by atoms with Crippen LogP contribution in [0.4, 0.5) is 0 Å². The molecular weight excluding hydrogens is 391 g/mol. The maximum atomic E-state index is 11.0. The lowest BCUT2D eigenvalue weighted by atomic mass is 9.97. The molecule has 0 saturated heterocycles. The second-order valence-electron chi connectivity index (χ2n) is 5.57. The average Bonchev–Trinajstić information content (AvgIpc) is 3.28. The molecular formula is C19H12Cl2N2O2S. The van der Waals surface area contributed by atoms with Gasteiger partial charge in [-0.3, -0.25) is 4.98 Å². The van der Waals surface area contributed by atoms with Crippen LogP contribution < -0.4 is 0 Å². The molecule has 26 heavy (non-hydrogen) atoms. The van der Waals surface area contributed by atoms with Crippen LogP contribution in [0.15, 0.2) is 65.4 Å². The monoisotopic (exact) mass is 402 g/mol. The van der Waals surface area contributed by atoms with Gasteiger partial charge in [0, 0.05) is 28.5 Å². The van der Waals surface area contributed by atoms with Gasteiger partial charge >= 0.3 is 0 Å². The van der Waals surface area contributed by atoms with Crippen molar-refractivity contribution in [3.8, 4) is 21.9 Å². The van der Waals surface area contributed by atoms with Crippen molar-refractivity contribution in [2.24, 2.45) is 0 Å². The van der Waals surface area contributed by atoms with Gasteiger partial charge in [0.25, 0.3) is 0 Å². The van der Waals surface area contributed by atoms with Crippen molar-refractivity contribution in [2.45, 2.75) is 6.10 Å². The van der Waals surface area contributed by atoms with Gasteiger partial charge in [0.1, 0.15) is 11.8 Å². The second-order valence-corrected chi connectivity index (χ2v) is 7.73. The number of rotatable bonds is 4. The summed E-state index contributed by atoms with van der Waals surface area (Å²) in [5.74, 6) is 0.484. The number of aliphatic hydroxyl groups excluding tert-OH is 1. The molecule has 0 radical (unpaired) electrons. The predicted octanol–water partition coefficient (Wildman–Crippen LogP) is 5.85. The zero-order valence-corrected chi connectivity index (χ0v) is 15.6. The molecule has 0 fully saturated rings. The minimum atomic E-state index is -0.948. The summed E-state index contributed by atoms with van der Waals surface area (Å²) in [6.07, 6.45) is 2.33. The highest BCUT2D eigenvalue weighted by molar-refractivity contribution is 7.19. The standard InChI is InChI=1S/C19H12Cl2N2O2S/c20-13-5-3-11(4-6-13)19-16(18(24)12-2-1-9-22-10-12)17(23-25-19)14-7-8-15(21)26-14/h1-10,18,24H. The molecule has 0 aliphatic rings. The minimum absolute atomic E-state index is 0.484. The van der Waals surface area contributed by atoms with Crippen molar-refractivity contribution >= 4 is 34.5 Å². The van der Waals surface area contributed by atoms with Crippen molar-refractivity contribution in [2.75, 3.05) is 0 Å². The molecule has 1 atom stereocenters. The maximum absolute atomic E-state index is 11.0. The molecule has 4 nitrogen and oxygen atoms in total. The number of pyridine rings is 1. The van der Waals surface area contributed by atoms with Crippen LogP contribution in [0.2, 0.25) is 9.36 Å². The Morgan fingerprint density at radius 2 is 1.85 bits per heavy atom. The normalized spacial score (nSPS) is 12.3. The van der Waals surface area contributed by atoms with E-state index in [0.29, 0.717) is 31.9 Å². The minimum Gasteiger partial charge on any atom is -0.383 e. The van der Waals surface area contributed by atoms with Gasteiger partial charge in [-0.2, -0.15) is 0 Å². The molecule has 0 bridgehead atoms. The molecule has 130 valence electrons. The van der Waals surface area contributed by atoms with Crippen LogP contribution >= 0.6 is 34.5 Å². The Labute approximate surface area is 163 Å². The first-order valence-electron chi connectivity index (χ1n) is 7.72. The molecule has 4 aromatic rings. The van der Waals surface area contributed by atoms with Crippen LogP contribution in [-0.4, -0.2) is 15.2 Å². The van der Waals surface area contributed by atoms with Crippen LogP contribution in [0.5, 0.6) is 0 Å². The van der Waals surface area contributed by atoms with Gasteiger partial charge in [-0.1, -0.05) is 34.4 Å². The van der Waals surface area contributed by atoms with Gasteiger partial charge < -0.3 is 9.63 Å². The number of aromatic nitrogens is 2. The van der Waals surface area contributed by atoms with Crippen molar-refractivity contribution in [3.05, 3.63) is 81.4 Å². The van der Waals surface area contributed by atoms with Gasteiger partial charge in [0.15, 0.2) is 5.76 Å². The summed E-state index contributed by atoms with van der Waals surface area (Å²) in [5, 5.41) is 15.9. The fourth-order valence-electron chi connectivity index (χ4n) is 2.68. The topological polar surface area (TPSA) is 59.2 Å². The number of thiophene rings is 1. The van der Waals surface area contributed by atoms with E-state index in [9.17, 15) is 5.11 Å². The van der Waals surface area contributed by atoms with E-state index in [2.05, 4.69) is 10.1 Å². The Balaban J connectivity index is 1.90. The van der Waals surface area contributed by atoms with Crippen molar-refractivity contribution in [1.82, 2.24) is 10.1 Å². The first kappa shape index (κ1) is 17.2. The van der Waals surface area contributed by atoms with Crippen LogP contribution in [0.1, 0.15) is 17.2 Å². The molecule has 0 saturated carbocycles. The Morgan fingerprint density at radius 1 is 1.04 bits per heavy atom. The third-order valence-electron chi connectivity index (χ3n) is 3.91. The Hall–Kier alpha value is -2.18. The smallest absolute Gasteiger partial charge is 0.173 e. The molecule has 4 rings (SSSR count). The summed E-state index contributed by atoms with van der Waals surface area (Å²) in [5.41, 5.74) is 2.55. The Bertz CT molecular complexity index is 1030. The van der Waals surface area contributed by atoms with Crippen molar-refractivity contribution in [1.29, 1.82) is 0 Å². The third kappa shape index (κ3) is 3.27. The van der Waals surface area contributed by atoms with Gasteiger partial charge in [0.05, 0.1) is 14.8 Å². The molecule has 0 amide bonds. The number of benzene rings is 1. The van der Waals surface area contributed by atoms with Crippen LogP contribution in [0.3, 0.4) is 0 Å². The summed E-state index contributed by atoms with van der Waals surface area (Å²) in [6, 6.07) is 14.4. The maximum Gasteiger partial charge on any atom is 0.173 e. The number of nitrogens with zero attached hydrogens (tertiary/aromatic N) is 2. The van der Waals surface area contributed by atoms with E-state index in [1.807, 2.05) is 24.3 Å². The Kier molecular flexibility index (Phi) is 4.78. The van der Waals surface area contributed by atoms with E-state index in [4.69, 9.17) is 27.7 Å². The SMILES string of the molecule is OC(c1cccnc1)c1c(-c2ccc(Cl)s2)noc1-c1ccc(Cl)cc1. The van der Waals surface area contributed by atoms with E-state index >= 15 is 0 Å². The fourth-order valence-corrected chi connectivity index (χ4v) is 3.85. The largest absolute Gasteiger partial charge is 0.383 e. The summed E-state index contributed by atoms with van der Waals surface area (Å²) in [4.78, 5) is 4.91. The molecule has 0 aliphatic heterocycles. The molecule has 0 aliphatic carbocycles. The van der Waals surface area contributed by atoms with E-state index in [1.165, 1.54) is 11.3 Å². The van der Waals surface area contributed by atoms with Gasteiger partial charge in [-0.25, -0.2) is 0 Å². The number of halogens is 2. The van der Waals surface area contributed by atoms with E-state index in [1.54, 1.807) is 36.7 Å². The summed E-state index contributed by atoms with van der Waals surface area (Å²) >= 11 is 13.4. The quantitative estimate of drug-likeness (QED) is 0.464. The Morgan fingerprint density at radius 3 is 2.50 bits per heavy atom. The van der Waals surface area contributed by atoms with Crippen LogP contribution in [-0.2, 0) is 0 Å². The molecule has 1 N–H and O–H groups in total. The highest BCUT2D eigenvalue weighted by Crippen LogP contribution is 2.41. The zero-order valence-electron chi connectivity index (χ0n) is 13.3. The van der Waals surface area contributed by atoms with Crippen LogP contribution in [0, 0.1) is 0 Å². The molecule has 7 heteroatoms. The number of hydrogen-bond acceptors (Lipinski definition) is 5. The van der Waals surface area contributed by atoms with E-state index in [0.717, 1.165) is 10.4 Å². The first-order chi connectivity index (χ1) is 12.6. The van der Waals surface area contributed by atoms with E-state index in [-0.39, 0.29) is 0 Å². The lowest BCUT2D eigenvalue weighted by molar-refractivity contribution is 0.220. The summed E-state index contributed by atoms with van der Waals surface area (Å²) < 4.78 is 6.26. The third-order valence-corrected chi connectivity index (χ3v) is 5.40. The number of aliphatic hydroxyl groups is 1. The molecule has 0 spiro atoms. The summed E-state index contributed by atoms with van der Waals surface area (Å²) in [6.45, 7) is 0. The molecule has 1 aromatic carbocycles. The van der Waals surface area contributed by atoms with Crippen molar-refractivity contribution in [3.63, 3.8) is 0 Å². The van der Waals surface area contributed by atoms with Crippen molar-refractivity contribution < 1.29 is 9.63 Å². The molecule has 3 heterocycles.